The van der Waals surface area contributed by atoms with Crippen LogP contribution < -0.4 is 16.0 Å². The van der Waals surface area contributed by atoms with E-state index in [4.69, 9.17) is 9.84 Å². The van der Waals surface area contributed by atoms with Gasteiger partial charge in [-0.2, -0.15) is 0 Å². The molecular formula is C22H28N4O5. The number of aliphatic carboxylic acids is 1. The first kappa shape index (κ1) is 22.3. The Bertz CT molecular complexity index is 1160. The molecule has 0 bridgehead atoms. The number of carboxylic acids is 1. The minimum Gasteiger partial charge on any atom is -0.482 e. The van der Waals surface area contributed by atoms with Gasteiger partial charge in [-0.3, -0.25) is 13.9 Å². The van der Waals surface area contributed by atoms with Crippen LogP contribution in [0, 0.1) is 0 Å². The van der Waals surface area contributed by atoms with Crippen molar-refractivity contribution in [1.29, 1.82) is 0 Å². The normalized spacial score (nSPS) is 11.2. The van der Waals surface area contributed by atoms with Crippen molar-refractivity contribution < 1.29 is 14.6 Å². The molecule has 3 rings (SSSR count). The molecule has 0 aliphatic carbocycles. The smallest absolute Gasteiger partial charge is 0.341 e. The molecule has 166 valence electrons. The third-order valence-electron chi connectivity index (χ3n) is 4.97. The maximum absolute atomic E-state index is 12.8. The lowest BCUT2D eigenvalue weighted by Crippen LogP contribution is -2.40. The fourth-order valence-electron chi connectivity index (χ4n) is 3.54. The number of benzene rings is 1. The monoisotopic (exact) mass is 428 g/mol. The highest BCUT2D eigenvalue weighted by molar-refractivity contribution is 5.70. The molecule has 0 amide bonds. The van der Waals surface area contributed by atoms with Crippen LogP contribution in [0.4, 0.5) is 0 Å². The number of hydrogen-bond acceptors (Lipinski definition) is 5. The highest BCUT2D eigenvalue weighted by Gasteiger charge is 2.16. The van der Waals surface area contributed by atoms with Crippen LogP contribution in [0.2, 0.25) is 0 Å². The molecule has 0 saturated carbocycles. The summed E-state index contributed by atoms with van der Waals surface area (Å²) in [6.07, 6.45) is 3.70. The summed E-state index contributed by atoms with van der Waals surface area (Å²) in [4.78, 5) is 43.7. The van der Waals surface area contributed by atoms with Gasteiger partial charge in [0.25, 0.3) is 5.56 Å². The van der Waals surface area contributed by atoms with E-state index < -0.39 is 5.97 Å². The fourth-order valence-corrected chi connectivity index (χ4v) is 3.54. The average molecular weight is 428 g/mol. The van der Waals surface area contributed by atoms with Gasteiger partial charge in [-0.1, -0.05) is 26.0 Å². The second-order valence-electron chi connectivity index (χ2n) is 7.45. The fraction of sp³-hybridized carbons (Fsp3) is 0.455. The first-order valence-corrected chi connectivity index (χ1v) is 10.6. The molecule has 0 saturated heterocycles. The lowest BCUT2D eigenvalue weighted by Gasteiger charge is -2.09. The van der Waals surface area contributed by atoms with E-state index in [1.54, 1.807) is 16.7 Å². The Balaban J connectivity index is 1.73. The highest BCUT2D eigenvalue weighted by atomic mass is 16.5. The van der Waals surface area contributed by atoms with E-state index in [2.05, 4.69) is 9.97 Å². The molecule has 0 aliphatic heterocycles. The molecule has 0 fully saturated rings. The van der Waals surface area contributed by atoms with Crippen molar-refractivity contribution in [2.45, 2.75) is 59.0 Å². The van der Waals surface area contributed by atoms with E-state index in [1.165, 1.54) is 4.57 Å². The molecule has 2 aromatic heterocycles. The van der Waals surface area contributed by atoms with Crippen molar-refractivity contribution in [3.8, 4) is 5.75 Å². The number of nitrogens with one attached hydrogen (secondary N) is 1. The molecule has 0 aliphatic rings. The molecule has 2 N–H and O–H groups in total. The Morgan fingerprint density at radius 3 is 2.39 bits per heavy atom. The van der Waals surface area contributed by atoms with Crippen LogP contribution in [-0.2, 0) is 30.7 Å². The number of H-pyrrole nitrogens is 1. The van der Waals surface area contributed by atoms with Crippen LogP contribution in [0.3, 0.4) is 0 Å². The highest BCUT2D eigenvalue weighted by Crippen LogP contribution is 2.15. The van der Waals surface area contributed by atoms with E-state index in [9.17, 15) is 14.4 Å². The SMILES string of the molecule is CCCn1c(=O)c2[nH]c(CCCc3ccc(OCC(=O)O)cc3)nc2n(CCC)c1=O. The summed E-state index contributed by atoms with van der Waals surface area (Å²) < 4.78 is 8.01. The largest absolute Gasteiger partial charge is 0.482 e. The van der Waals surface area contributed by atoms with Crippen LogP contribution in [0.25, 0.3) is 11.2 Å². The number of carbonyl (C=O) groups is 1. The van der Waals surface area contributed by atoms with E-state index in [0.29, 0.717) is 48.7 Å². The van der Waals surface area contributed by atoms with Crippen molar-refractivity contribution in [3.05, 3.63) is 56.5 Å². The minimum atomic E-state index is -1.01. The van der Waals surface area contributed by atoms with Crippen LogP contribution in [-0.4, -0.2) is 36.8 Å². The standard InChI is InChI=1S/C22H28N4O5/c1-3-12-25-20-19(21(29)26(13-4-2)22(25)30)23-17(24-20)7-5-6-15-8-10-16(11-9-15)31-14-18(27)28/h8-11H,3-7,12-14H2,1-2H3,(H,23,24)(H,27,28). The quantitative estimate of drug-likeness (QED) is 0.484. The van der Waals surface area contributed by atoms with Gasteiger partial charge in [-0.25, -0.2) is 14.6 Å². The van der Waals surface area contributed by atoms with Gasteiger partial charge in [0.05, 0.1) is 0 Å². The molecule has 0 atom stereocenters. The predicted octanol–water partition coefficient (Wildman–Crippen LogP) is 2.35. The number of aromatic amines is 1. The van der Waals surface area contributed by atoms with Crippen molar-refractivity contribution in [2.24, 2.45) is 0 Å². The zero-order chi connectivity index (χ0) is 22.4. The summed E-state index contributed by atoms with van der Waals surface area (Å²) in [7, 11) is 0. The minimum absolute atomic E-state index is 0.301. The lowest BCUT2D eigenvalue weighted by molar-refractivity contribution is -0.139. The van der Waals surface area contributed by atoms with Crippen LogP contribution in [0.15, 0.2) is 33.9 Å². The van der Waals surface area contributed by atoms with Gasteiger partial charge in [0.1, 0.15) is 17.1 Å². The summed E-state index contributed by atoms with van der Waals surface area (Å²) in [5.41, 5.74) is 1.29. The Morgan fingerprint density at radius 2 is 1.74 bits per heavy atom. The van der Waals surface area contributed by atoms with Crippen LogP contribution >= 0.6 is 0 Å². The molecule has 1 aromatic carbocycles. The number of aryl methyl sites for hydroxylation is 3. The first-order chi connectivity index (χ1) is 14.9. The topological polar surface area (TPSA) is 119 Å². The number of rotatable bonds is 11. The van der Waals surface area contributed by atoms with E-state index in [-0.39, 0.29) is 17.9 Å². The maximum Gasteiger partial charge on any atom is 0.341 e. The number of imidazole rings is 1. The lowest BCUT2D eigenvalue weighted by atomic mass is 10.1. The summed E-state index contributed by atoms with van der Waals surface area (Å²) in [6.45, 7) is 4.45. The molecule has 31 heavy (non-hydrogen) atoms. The van der Waals surface area contributed by atoms with Crippen molar-refractivity contribution in [3.63, 3.8) is 0 Å². The zero-order valence-electron chi connectivity index (χ0n) is 17.9. The maximum atomic E-state index is 12.8. The molecule has 0 radical (unpaired) electrons. The van der Waals surface area contributed by atoms with E-state index in [1.807, 2.05) is 26.0 Å². The Kier molecular flexibility index (Phi) is 7.28. The Morgan fingerprint density at radius 1 is 1.06 bits per heavy atom. The van der Waals surface area contributed by atoms with Gasteiger partial charge in [-0.05, 0) is 43.4 Å². The second-order valence-corrected chi connectivity index (χ2v) is 7.45. The molecule has 3 aromatic rings. The van der Waals surface area contributed by atoms with Gasteiger partial charge in [0.2, 0.25) is 0 Å². The van der Waals surface area contributed by atoms with Gasteiger partial charge in [0.15, 0.2) is 12.3 Å². The Labute approximate surface area is 179 Å². The van der Waals surface area contributed by atoms with E-state index >= 15 is 0 Å². The number of hydrogen-bond donors (Lipinski definition) is 2. The molecular weight excluding hydrogens is 400 g/mol. The average Bonchev–Trinajstić information content (AvgIpc) is 3.18. The third-order valence-corrected chi connectivity index (χ3v) is 4.97. The van der Waals surface area contributed by atoms with Gasteiger partial charge in [0, 0.05) is 19.5 Å². The predicted molar refractivity (Wildman–Crippen MR) is 117 cm³/mol. The molecule has 2 heterocycles. The zero-order valence-corrected chi connectivity index (χ0v) is 17.9. The molecule has 0 spiro atoms. The number of ether oxygens (including phenoxy) is 1. The Hall–Kier alpha value is -3.36. The third kappa shape index (κ3) is 5.22. The number of fused-ring (bicyclic) bond motifs is 1. The van der Waals surface area contributed by atoms with Gasteiger partial charge < -0.3 is 14.8 Å². The molecule has 9 heteroatoms. The van der Waals surface area contributed by atoms with Gasteiger partial charge >= 0.3 is 11.7 Å². The number of carboxylic acid groups (broad SMARTS) is 1. The van der Waals surface area contributed by atoms with Crippen LogP contribution in [0.1, 0.15) is 44.5 Å². The summed E-state index contributed by atoms with van der Waals surface area (Å²) in [5.74, 6) is 0.188. The first-order valence-electron chi connectivity index (χ1n) is 10.6. The van der Waals surface area contributed by atoms with E-state index in [0.717, 1.165) is 24.8 Å². The van der Waals surface area contributed by atoms with Gasteiger partial charge in [-0.15, -0.1) is 0 Å². The van der Waals surface area contributed by atoms with Crippen molar-refractivity contribution >= 4 is 17.1 Å². The van der Waals surface area contributed by atoms with Crippen molar-refractivity contribution in [1.82, 2.24) is 19.1 Å². The summed E-state index contributed by atoms with van der Waals surface area (Å²) in [6, 6.07) is 7.30. The molecule has 9 nitrogen and oxygen atoms in total. The number of aromatic nitrogens is 4. The number of nitrogens with zero attached hydrogens (tertiary/aromatic N) is 3. The van der Waals surface area contributed by atoms with Crippen molar-refractivity contribution in [2.75, 3.05) is 6.61 Å². The van der Waals surface area contributed by atoms with Crippen LogP contribution in [0.5, 0.6) is 5.75 Å². The summed E-state index contributed by atoms with van der Waals surface area (Å²) in [5, 5.41) is 8.65. The summed E-state index contributed by atoms with van der Waals surface area (Å²) >= 11 is 0. The molecule has 0 unspecified atom stereocenters. The second kappa shape index (κ2) is 10.1.